The van der Waals surface area contributed by atoms with Gasteiger partial charge in [0.2, 0.25) is 11.7 Å². The zero-order valence-electron chi connectivity index (χ0n) is 18.0. The molecule has 1 N–H and O–H groups in total. The van der Waals surface area contributed by atoms with Crippen molar-refractivity contribution < 1.29 is 9.32 Å². The van der Waals surface area contributed by atoms with Crippen molar-refractivity contribution in [3.05, 3.63) is 83.8 Å². The molecule has 1 aromatic carbocycles. The molecule has 1 atom stereocenters. The minimum absolute atomic E-state index is 0.0590. The number of hydrogen-bond acceptors (Lipinski definition) is 5. The first-order valence-electron chi connectivity index (χ1n) is 10.2. The van der Waals surface area contributed by atoms with Gasteiger partial charge in [-0.25, -0.2) is 0 Å². The number of carbonyl (C=O) groups is 1. The maximum Gasteiger partial charge on any atom is 0.253 e. The molecule has 0 fully saturated rings. The second-order valence-corrected chi connectivity index (χ2v) is 7.85. The molecule has 0 bridgehead atoms. The zero-order valence-corrected chi connectivity index (χ0v) is 18.0. The topological polar surface area (TPSA) is 85.8 Å². The molecule has 7 heteroatoms. The summed E-state index contributed by atoms with van der Waals surface area (Å²) in [5.41, 5.74) is 4.28. The molecule has 0 radical (unpaired) electrons. The first-order chi connectivity index (χ1) is 15.0. The second-order valence-electron chi connectivity index (χ2n) is 7.85. The summed E-state index contributed by atoms with van der Waals surface area (Å²) in [4.78, 5) is 21.8. The standard InChI is InChI=1S/C24H25N5O2/c1-15(2)21(24-27-22(28-31-24)18-9-8-12-25-14-18)26-23(30)20-13-16(3)29(17(20)4)19-10-6-5-7-11-19/h5-15,21H,1-4H3,(H,26,30). The van der Waals surface area contributed by atoms with Crippen LogP contribution < -0.4 is 5.32 Å². The molecule has 0 aliphatic carbocycles. The number of benzene rings is 1. The van der Waals surface area contributed by atoms with Gasteiger partial charge < -0.3 is 14.4 Å². The van der Waals surface area contributed by atoms with Crippen molar-refractivity contribution in [2.75, 3.05) is 0 Å². The van der Waals surface area contributed by atoms with Gasteiger partial charge in [0.15, 0.2) is 0 Å². The van der Waals surface area contributed by atoms with Crippen molar-refractivity contribution in [3.63, 3.8) is 0 Å². The number of hydrogen-bond donors (Lipinski definition) is 1. The summed E-state index contributed by atoms with van der Waals surface area (Å²) < 4.78 is 7.57. The third kappa shape index (κ3) is 4.12. The number of amides is 1. The highest BCUT2D eigenvalue weighted by Gasteiger charge is 2.27. The number of aryl methyl sites for hydroxylation is 1. The van der Waals surface area contributed by atoms with E-state index in [1.54, 1.807) is 12.4 Å². The lowest BCUT2D eigenvalue weighted by Gasteiger charge is -2.18. The van der Waals surface area contributed by atoms with Crippen LogP contribution in [0.5, 0.6) is 0 Å². The minimum atomic E-state index is -0.412. The van der Waals surface area contributed by atoms with E-state index in [-0.39, 0.29) is 11.8 Å². The fourth-order valence-electron chi connectivity index (χ4n) is 3.67. The van der Waals surface area contributed by atoms with E-state index >= 15 is 0 Å². The molecule has 4 aromatic rings. The fourth-order valence-corrected chi connectivity index (χ4v) is 3.67. The molecule has 1 amide bonds. The zero-order chi connectivity index (χ0) is 22.0. The summed E-state index contributed by atoms with van der Waals surface area (Å²) in [5, 5.41) is 7.15. The molecular formula is C24H25N5O2. The van der Waals surface area contributed by atoms with Crippen molar-refractivity contribution in [2.24, 2.45) is 5.92 Å². The van der Waals surface area contributed by atoms with Gasteiger partial charge in [0, 0.05) is 35.0 Å². The van der Waals surface area contributed by atoms with Crippen LogP contribution in [0.25, 0.3) is 17.1 Å². The summed E-state index contributed by atoms with van der Waals surface area (Å²) in [5.74, 6) is 0.711. The lowest BCUT2D eigenvalue weighted by atomic mass is 10.0. The number of para-hydroxylation sites is 1. The van der Waals surface area contributed by atoms with E-state index in [9.17, 15) is 4.79 Å². The van der Waals surface area contributed by atoms with Crippen LogP contribution in [0.2, 0.25) is 0 Å². The number of pyridine rings is 1. The maximum absolute atomic E-state index is 13.2. The number of rotatable bonds is 6. The Bertz CT molecular complexity index is 1180. The molecule has 0 aliphatic rings. The van der Waals surface area contributed by atoms with E-state index in [4.69, 9.17) is 4.52 Å². The summed E-state index contributed by atoms with van der Waals surface area (Å²) in [6.45, 7) is 7.96. The van der Waals surface area contributed by atoms with Crippen LogP contribution in [0, 0.1) is 19.8 Å². The van der Waals surface area contributed by atoms with E-state index in [2.05, 4.69) is 25.0 Å². The van der Waals surface area contributed by atoms with Gasteiger partial charge in [0.05, 0.1) is 5.56 Å². The van der Waals surface area contributed by atoms with Gasteiger partial charge in [-0.1, -0.05) is 37.2 Å². The van der Waals surface area contributed by atoms with E-state index in [1.165, 1.54) is 0 Å². The highest BCUT2D eigenvalue weighted by atomic mass is 16.5. The monoisotopic (exact) mass is 415 g/mol. The van der Waals surface area contributed by atoms with Crippen LogP contribution in [0.4, 0.5) is 0 Å². The first kappa shape index (κ1) is 20.5. The number of nitrogens with zero attached hydrogens (tertiary/aromatic N) is 4. The molecule has 0 saturated heterocycles. The van der Waals surface area contributed by atoms with E-state index < -0.39 is 6.04 Å². The Hall–Kier alpha value is -3.74. The summed E-state index contributed by atoms with van der Waals surface area (Å²) in [6, 6.07) is 15.2. The van der Waals surface area contributed by atoms with Crippen molar-refractivity contribution in [1.29, 1.82) is 0 Å². The Labute approximate surface area is 181 Å². The lowest BCUT2D eigenvalue weighted by molar-refractivity contribution is 0.0913. The SMILES string of the molecule is Cc1cc(C(=O)NC(c2nc(-c3cccnc3)no2)C(C)C)c(C)n1-c1ccccc1. The average Bonchev–Trinajstić information content (AvgIpc) is 3.37. The predicted octanol–water partition coefficient (Wildman–Crippen LogP) is 4.67. The Balaban J connectivity index is 1.60. The predicted molar refractivity (Wildman–Crippen MR) is 118 cm³/mol. The van der Waals surface area contributed by atoms with Crippen molar-refractivity contribution in [1.82, 2.24) is 25.0 Å². The number of nitrogens with one attached hydrogen (secondary N) is 1. The molecule has 0 aliphatic heterocycles. The largest absolute Gasteiger partial charge is 0.340 e. The van der Waals surface area contributed by atoms with E-state index in [1.807, 2.05) is 76.2 Å². The van der Waals surface area contributed by atoms with Crippen molar-refractivity contribution in [3.8, 4) is 17.1 Å². The van der Waals surface area contributed by atoms with Crippen LogP contribution in [0.1, 0.15) is 47.5 Å². The van der Waals surface area contributed by atoms with Crippen molar-refractivity contribution in [2.45, 2.75) is 33.7 Å². The molecule has 4 rings (SSSR count). The van der Waals surface area contributed by atoms with Crippen LogP contribution in [-0.4, -0.2) is 25.6 Å². The first-order valence-corrected chi connectivity index (χ1v) is 10.2. The minimum Gasteiger partial charge on any atom is -0.340 e. The molecule has 158 valence electrons. The molecular weight excluding hydrogens is 390 g/mol. The van der Waals surface area contributed by atoms with Gasteiger partial charge in [-0.05, 0) is 50.1 Å². The lowest BCUT2D eigenvalue weighted by Crippen LogP contribution is -2.32. The van der Waals surface area contributed by atoms with Gasteiger partial charge in [-0.2, -0.15) is 4.98 Å². The van der Waals surface area contributed by atoms with Crippen LogP contribution >= 0.6 is 0 Å². The van der Waals surface area contributed by atoms with Gasteiger partial charge in [0.1, 0.15) is 6.04 Å². The highest BCUT2D eigenvalue weighted by Crippen LogP contribution is 2.25. The van der Waals surface area contributed by atoms with Gasteiger partial charge >= 0.3 is 0 Å². The Morgan fingerprint density at radius 3 is 2.55 bits per heavy atom. The molecule has 31 heavy (non-hydrogen) atoms. The van der Waals surface area contributed by atoms with Gasteiger partial charge in [-0.15, -0.1) is 0 Å². The van der Waals surface area contributed by atoms with E-state index in [0.29, 0.717) is 17.3 Å². The molecule has 1 unspecified atom stereocenters. The molecule has 7 nitrogen and oxygen atoms in total. The normalized spacial score (nSPS) is 12.2. The quantitative estimate of drug-likeness (QED) is 0.495. The third-order valence-electron chi connectivity index (χ3n) is 5.27. The van der Waals surface area contributed by atoms with Crippen LogP contribution in [-0.2, 0) is 0 Å². The molecule has 0 spiro atoms. The summed E-state index contributed by atoms with van der Waals surface area (Å²) in [7, 11) is 0. The Morgan fingerprint density at radius 2 is 1.87 bits per heavy atom. The Morgan fingerprint density at radius 1 is 1.10 bits per heavy atom. The number of aromatic nitrogens is 4. The molecule has 0 saturated carbocycles. The van der Waals surface area contributed by atoms with Crippen LogP contribution in [0.3, 0.4) is 0 Å². The number of carbonyl (C=O) groups excluding carboxylic acids is 1. The van der Waals surface area contributed by atoms with Gasteiger partial charge in [-0.3, -0.25) is 9.78 Å². The van der Waals surface area contributed by atoms with Crippen LogP contribution in [0.15, 0.2) is 65.4 Å². The van der Waals surface area contributed by atoms with Crippen molar-refractivity contribution >= 4 is 5.91 Å². The summed E-state index contributed by atoms with van der Waals surface area (Å²) >= 11 is 0. The molecule has 3 aromatic heterocycles. The van der Waals surface area contributed by atoms with E-state index in [0.717, 1.165) is 22.6 Å². The fraction of sp³-hybridized carbons (Fsp3) is 0.250. The van der Waals surface area contributed by atoms with Gasteiger partial charge in [0.25, 0.3) is 5.91 Å². The maximum atomic E-state index is 13.2. The highest BCUT2D eigenvalue weighted by molar-refractivity contribution is 5.96. The summed E-state index contributed by atoms with van der Waals surface area (Å²) in [6.07, 6.45) is 3.36. The third-order valence-corrected chi connectivity index (χ3v) is 5.27. The smallest absolute Gasteiger partial charge is 0.253 e. The Kier molecular flexibility index (Phi) is 5.66. The average molecular weight is 415 g/mol. The molecule has 3 heterocycles. The second kappa shape index (κ2) is 8.55.